The first kappa shape index (κ1) is 14.7. The molecular weight excluding hydrogens is 292 g/mol. The molecule has 0 saturated carbocycles. The summed E-state index contributed by atoms with van der Waals surface area (Å²) in [6.07, 6.45) is 1.49. The Morgan fingerprint density at radius 1 is 1.29 bits per heavy atom. The van der Waals surface area contributed by atoms with E-state index < -0.39 is 5.97 Å². The van der Waals surface area contributed by atoms with E-state index in [0.29, 0.717) is 10.6 Å². The zero-order chi connectivity index (χ0) is 15.1. The molecule has 2 N–H and O–H groups in total. The first-order valence-electron chi connectivity index (χ1n) is 5.97. The number of hydrogen-bond acceptors (Lipinski definition) is 5. The summed E-state index contributed by atoms with van der Waals surface area (Å²) in [5, 5.41) is 14.2. The molecule has 0 spiro atoms. The maximum absolute atomic E-state index is 11.6. The van der Waals surface area contributed by atoms with E-state index in [1.54, 1.807) is 36.4 Å². The van der Waals surface area contributed by atoms with Crippen LogP contribution in [0.1, 0.15) is 15.2 Å². The van der Waals surface area contributed by atoms with Gasteiger partial charge in [0.15, 0.2) is 6.61 Å². The highest BCUT2D eigenvalue weighted by Gasteiger charge is 2.03. The average molecular weight is 304 g/mol. The van der Waals surface area contributed by atoms with Gasteiger partial charge in [-0.3, -0.25) is 4.79 Å². The van der Waals surface area contributed by atoms with Crippen LogP contribution < -0.4 is 10.2 Å². The van der Waals surface area contributed by atoms with Crippen molar-refractivity contribution in [1.82, 2.24) is 5.43 Å². The van der Waals surface area contributed by atoms with E-state index in [9.17, 15) is 9.59 Å². The highest BCUT2D eigenvalue weighted by molar-refractivity contribution is 7.12. The first-order chi connectivity index (χ1) is 10.1. The Kier molecular flexibility index (Phi) is 5.05. The second-order valence-corrected chi connectivity index (χ2v) is 4.88. The summed E-state index contributed by atoms with van der Waals surface area (Å²) in [5.74, 6) is -0.836. The van der Waals surface area contributed by atoms with Crippen molar-refractivity contribution in [2.75, 3.05) is 6.61 Å². The normalized spacial score (nSPS) is 10.5. The maximum atomic E-state index is 11.6. The van der Waals surface area contributed by atoms with E-state index in [4.69, 9.17) is 9.84 Å². The summed E-state index contributed by atoms with van der Waals surface area (Å²) < 4.78 is 5.00. The van der Waals surface area contributed by atoms with Crippen LogP contribution >= 0.6 is 11.3 Å². The van der Waals surface area contributed by atoms with E-state index >= 15 is 0 Å². The molecule has 0 aliphatic carbocycles. The SMILES string of the molecule is O=C(O)COc1ccc(/C=N/NC(=O)c2cccs2)cc1. The molecule has 0 aliphatic rings. The molecule has 0 bridgehead atoms. The molecule has 2 rings (SSSR count). The molecule has 1 aromatic heterocycles. The van der Waals surface area contributed by atoms with Crippen LogP contribution in [0.15, 0.2) is 46.9 Å². The maximum Gasteiger partial charge on any atom is 0.341 e. The predicted molar refractivity (Wildman–Crippen MR) is 79.0 cm³/mol. The minimum atomic E-state index is -1.03. The smallest absolute Gasteiger partial charge is 0.341 e. The van der Waals surface area contributed by atoms with Crippen LogP contribution in [-0.4, -0.2) is 29.8 Å². The fourth-order valence-corrected chi connectivity index (χ4v) is 2.04. The van der Waals surface area contributed by atoms with E-state index in [1.807, 2.05) is 5.38 Å². The molecule has 108 valence electrons. The van der Waals surface area contributed by atoms with Crippen LogP contribution in [-0.2, 0) is 4.79 Å². The van der Waals surface area contributed by atoms with Crippen molar-refractivity contribution in [3.8, 4) is 5.75 Å². The minimum Gasteiger partial charge on any atom is -0.482 e. The average Bonchev–Trinajstić information content (AvgIpc) is 3.00. The molecule has 0 radical (unpaired) electrons. The summed E-state index contributed by atoms with van der Waals surface area (Å²) in [7, 11) is 0. The molecule has 7 heteroatoms. The molecule has 2 aromatic rings. The van der Waals surface area contributed by atoms with Gasteiger partial charge in [0.05, 0.1) is 11.1 Å². The van der Waals surface area contributed by atoms with Crippen molar-refractivity contribution in [1.29, 1.82) is 0 Å². The lowest BCUT2D eigenvalue weighted by molar-refractivity contribution is -0.139. The second kappa shape index (κ2) is 7.20. The fraction of sp³-hybridized carbons (Fsp3) is 0.0714. The van der Waals surface area contributed by atoms with Gasteiger partial charge in [0, 0.05) is 0 Å². The number of ether oxygens (including phenoxy) is 1. The van der Waals surface area contributed by atoms with E-state index in [0.717, 1.165) is 5.56 Å². The van der Waals surface area contributed by atoms with Crippen LogP contribution in [0.25, 0.3) is 0 Å². The molecule has 1 amide bonds. The Balaban J connectivity index is 1.86. The number of hydrogen-bond donors (Lipinski definition) is 2. The number of carbonyl (C=O) groups is 2. The Labute approximate surface area is 124 Å². The van der Waals surface area contributed by atoms with Crippen molar-refractivity contribution in [2.45, 2.75) is 0 Å². The molecule has 0 atom stereocenters. The third kappa shape index (κ3) is 4.73. The van der Waals surface area contributed by atoms with Crippen LogP contribution in [0, 0.1) is 0 Å². The van der Waals surface area contributed by atoms with Crippen molar-refractivity contribution >= 4 is 29.4 Å². The number of carboxylic acids is 1. The number of nitrogens with one attached hydrogen (secondary N) is 1. The number of carbonyl (C=O) groups excluding carboxylic acids is 1. The third-order valence-electron chi connectivity index (χ3n) is 2.37. The number of aliphatic carboxylic acids is 1. The standard InChI is InChI=1S/C14H12N2O4S/c17-13(18)9-20-11-5-3-10(4-6-11)8-15-16-14(19)12-2-1-7-21-12/h1-8H,9H2,(H,16,19)(H,17,18)/b15-8+. The highest BCUT2D eigenvalue weighted by Crippen LogP contribution is 2.11. The number of carboxylic acid groups (broad SMARTS) is 1. The Morgan fingerprint density at radius 3 is 2.67 bits per heavy atom. The van der Waals surface area contributed by atoms with Crippen LogP contribution in [0.2, 0.25) is 0 Å². The lowest BCUT2D eigenvalue weighted by Gasteiger charge is -2.02. The van der Waals surface area contributed by atoms with Gasteiger partial charge in [-0.15, -0.1) is 11.3 Å². The van der Waals surface area contributed by atoms with Gasteiger partial charge in [0.2, 0.25) is 0 Å². The Bertz CT molecular complexity index is 636. The summed E-state index contributed by atoms with van der Waals surface area (Å²) in [6.45, 7) is -0.385. The van der Waals surface area contributed by atoms with E-state index in [1.165, 1.54) is 17.6 Å². The van der Waals surface area contributed by atoms with Gasteiger partial charge in [-0.05, 0) is 41.3 Å². The van der Waals surface area contributed by atoms with Gasteiger partial charge < -0.3 is 9.84 Å². The molecule has 6 nitrogen and oxygen atoms in total. The van der Waals surface area contributed by atoms with Crippen molar-refractivity contribution in [3.05, 3.63) is 52.2 Å². The lowest BCUT2D eigenvalue weighted by Crippen LogP contribution is -2.16. The molecule has 0 fully saturated rings. The summed E-state index contributed by atoms with van der Waals surface area (Å²) in [6, 6.07) is 10.2. The Hall–Kier alpha value is -2.67. The molecule has 0 saturated heterocycles. The largest absolute Gasteiger partial charge is 0.482 e. The first-order valence-corrected chi connectivity index (χ1v) is 6.84. The van der Waals surface area contributed by atoms with Crippen LogP contribution in [0.5, 0.6) is 5.75 Å². The molecule has 1 aromatic carbocycles. The summed E-state index contributed by atoms with van der Waals surface area (Å²) in [5.41, 5.74) is 3.17. The molecule has 21 heavy (non-hydrogen) atoms. The lowest BCUT2D eigenvalue weighted by atomic mass is 10.2. The summed E-state index contributed by atoms with van der Waals surface area (Å²) in [4.78, 5) is 22.6. The number of rotatable bonds is 6. The van der Waals surface area contributed by atoms with Gasteiger partial charge >= 0.3 is 5.97 Å². The molecule has 0 unspecified atom stereocenters. The summed E-state index contributed by atoms with van der Waals surface area (Å²) >= 11 is 1.34. The van der Waals surface area contributed by atoms with Gasteiger partial charge in [0.25, 0.3) is 5.91 Å². The molecule has 1 heterocycles. The predicted octanol–water partition coefficient (Wildman–Crippen LogP) is 1.98. The van der Waals surface area contributed by atoms with Gasteiger partial charge in [0.1, 0.15) is 5.75 Å². The van der Waals surface area contributed by atoms with Gasteiger partial charge in [-0.1, -0.05) is 6.07 Å². The fourth-order valence-electron chi connectivity index (χ4n) is 1.42. The van der Waals surface area contributed by atoms with Gasteiger partial charge in [-0.2, -0.15) is 5.10 Å². The number of amides is 1. The van der Waals surface area contributed by atoms with Crippen molar-refractivity contribution in [3.63, 3.8) is 0 Å². The van der Waals surface area contributed by atoms with Crippen LogP contribution in [0.3, 0.4) is 0 Å². The zero-order valence-corrected chi connectivity index (χ0v) is 11.7. The number of nitrogens with zero attached hydrogens (tertiary/aromatic N) is 1. The van der Waals surface area contributed by atoms with Crippen molar-refractivity contribution < 1.29 is 19.4 Å². The van der Waals surface area contributed by atoms with E-state index in [2.05, 4.69) is 10.5 Å². The number of benzene rings is 1. The number of hydrazone groups is 1. The van der Waals surface area contributed by atoms with E-state index in [-0.39, 0.29) is 12.5 Å². The quantitative estimate of drug-likeness (QED) is 0.631. The molecule has 0 aliphatic heterocycles. The van der Waals surface area contributed by atoms with Crippen molar-refractivity contribution in [2.24, 2.45) is 5.10 Å². The zero-order valence-electron chi connectivity index (χ0n) is 10.9. The monoisotopic (exact) mass is 304 g/mol. The van der Waals surface area contributed by atoms with Crippen LogP contribution in [0.4, 0.5) is 0 Å². The molecular formula is C14H12N2O4S. The Morgan fingerprint density at radius 2 is 2.05 bits per heavy atom. The number of thiophene rings is 1. The topological polar surface area (TPSA) is 88.0 Å². The highest BCUT2D eigenvalue weighted by atomic mass is 32.1. The van der Waals surface area contributed by atoms with Gasteiger partial charge in [-0.25, -0.2) is 10.2 Å². The minimum absolute atomic E-state index is 0.261. The second-order valence-electron chi connectivity index (χ2n) is 3.93. The third-order valence-corrected chi connectivity index (χ3v) is 3.24.